The second-order valence-electron chi connectivity index (χ2n) is 5.00. The van der Waals surface area contributed by atoms with Crippen LogP contribution in [0.3, 0.4) is 0 Å². The van der Waals surface area contributed by atoms with Gasteiger partial charge in [-0.2, -0.15) is 0 Å². The zero-order chi connectivity index (χ0) is 15.7. The smallest absolute Gasteiger partial charge is 0.199 e. The van der Waals surface area contributed by atoms with Gasteiger partial charge in [-0.25, -0.2) is 4.68 Å². The van der Waals surface area contributed by atoms with E-state index in [4.69, 9.17) is 16.6 Å². The van der Waals surface area contributed by atoms with Gasteiger partial charge in [0.15, 0.2) is 16.4 Å². The van der Waals surface area contributed by atoms with Crippen molar-refractivity contribution >= 4 is 39.5 Å². The lowest BCUT2D eigenvalue weighted by molar-refractivity contribution is 0.246. The number of thiophene rings is 1. The summed E-state index contributed by atoms with van der Waals surface area (Å²) in [5, 5.41) is 4.57. The highest BCUT2D eigenvalue weighted by atomic mass is 79.9. The average Bonchev–Trinajstić information content (AvgIpc) is 3.17. The fourth-order valence-corrected chi connectivity index (χ4v) is 3.93. The number of rotatable bonds is 5. The molecule has 3 rings (SSSR count). The molecule has 0 aliphatic carbocycles. The summed E-state index contributed by atoms with van der Waals surface area (Å²) in [6.07, 6.45) is 1.64. The molecule has 0 fully saturated rings. The van der Waals surface area contributed by atoms with Crippen molar-refractivity contribution in [3.63, 3.8) is 0 Å². The van der Waals surface area contributed by atoms with E-state index in [2.05, 4.69) is 45.1 Å². The minimum atomic E-state index is 0.628. The molecule has 0 saturated carbocycles. The van der Waals surface area contributed by atoms with Crippen LogP contribution >= 0.6 is 39.5 Å². The van der Waals surface area contributed by atoms with E-state index in [1.807, 2.05) is 28.4 Å². The summed E-state index contributed by atoms with van der Waals surface area (Å²) in [6, 6.07) is 7.92. The summed E-state index contributed by atoms with van der Waals surface area (Å²) in [7, 11) is 3.96. The maximum Gasteiger partial charge on any atom is 0.199 e. The minimum absolute atomic E-state index is 0.628. The van der Waals surface area contributed by atoms with Crippen molar-refractivity contribution in [1.82, 2.24) is 19.2 Å². The molecule has 8 heteroatoms. The van der Waals surface area contributed by atoms with Gasteiger partial charge in [0.2, 0.25) is 0 Å². The Kier molecular flexibility index (Phi) is 4.62. The van der Waals surface area contributed by atoms with Crippen molar-refractivity contribution < 1.29 is 4.42 Å². The molecule has 3 aromatic heterocycles. The van der Waals surface area contributed by atoms with Crippen LogP contribution in [0.5, 0.6) is 0 Å². The number of hydrogen-bond donors (Lipinski definition) is 0. The standard InChI is InChI=1S/C14H15BrN4OS2/c1-17(8-10-5-6-12(15)22-10)9-19-14(21)18(2)13(16-19)11-4-3-7-20-11/h3-7H,8-9H2,1-2H3. The molecule has 3 heterocycles. The predicted molar refractivity (Wildman–Crippen MR) is 93.2 cm³/mol. The summed E-state index contributed by atoms with van der Waals surface area (Å²) in [4.78, 5) is 3.47. The first-order chi connectivity index (χ1) is 10.5. The van der Waals surface area contributed by atoms with Crippen molar-refractivity contribution in [2.24, 2.45) is 7.05 Å². The molecule has 3 aromatic rings. The second kappa shape index (κ2) is 6.49. The number of aromatic nitrogens is 3. The molecular weight excluding hydrogens is 384 g/mol. The molecule has 22 heavy (non-hydrogen) atoms. The number of hydrogen-bond acceptors (Lipinski definition) is 5. The van der Waals surface area contributed by atoms with Gasteiger partial charge in [-0.15, -0.1) is 16.4 Å². The third-order valence-corrected chi connectivity index (χ3v) is 5.31. The van der Waals surface area contributed by atoms with Crippen LogP contribution in [0.25, 0.3) is 11.6 Å². The highest BCUT2D eigenvalue weighted by molar-refractivity contribution is 9.11. The molecule has 116 valence electrons. The van der Waals surface area contributed by atoms with Gasteiger partial charge in [-0.1, -0.05) is 0 Å². The van der Waals surface area contributed by atoms with Gasteiger partial charge in [-0.3, -0.25) is 4.90 Å². The van der Waals surface area contributed by atoms with E-state index in [9.17, 15) is 0 Å². The summed E-state index contributed by atoms with van der Waals surface area (Å²) in [5.41, 5.74) is 0. The van der Waals surface area contributed by atoms with Crippen LogP contribution in [0, 0.1) is 4.77 Å². The fourth-order valence-electron chi connectivity index (χ4n) is 2.18. The zero-order valence-corrected chi connectivity index (χ0v) is 15.4. The van der Waals surface area contributed by atoms with E-state index in [0.29, 0.717) is 11.4 Å². The number of furan rings is 1. The Morgan fingerprint density at radius 3 is 2.86 bits per heavy atom. The molecule has 0 N–H and O–H groups in total. The van der Waals surface area contributed by atoms with Gasteiger partial charge in [0.1, 0.15) is 0 Å². The topological polar surface area (TPSA) is 39.1 Å². The highest BCUT2D eigenvalue weighted by Crippen LogP contribution is 2.23. The first-order valence-electron chi connectivity index (χ1n) is 6.65. The van der Waals surface area contributed by atoms with Gasteiger partial charge >= 0.3 is 0 Å². The summed E-state index contributed by atoms with van der Waals surface area (Å²) >= 11 is 10.7. The molecule has 0 unspecified atom stereocenters. The molecule has 0 spiro atoms. The lowest BCUT2D eigenvalue weighted by Crippen LogP contribution is -2.22. The Hall–Kier alpha value is -1.22. The van der Waals surface area contributed by atoms with Crippen molar-refractivity contribution in [3.8, 4) is 11.6 Å². The minimum Gasteiger partial charge on any atom is -0.461 e. The van der Waals surface area contributed by atoms with E-state index < -0.39 is 0 Å². The van der Waals surface area contributed by atoms with E-state index in [0.717, 1.165) is 21.9 Å². The number of halogens is 1. The lowest BCUT2D eigenvalue weighted by atomic mass is 10.4. The van der Waals surface area contributed by atoms with Gasteiger partial charge in [-0.05, 0) is 59.5 Å². The molecule has 0 radical (unpaired) electrons. The van der Waals surface area contributed by atoms with Crippen molar-refractivity contribution in [3.05, 3.63) is 44.0 Å². The third kappa shape index (κ3) is 3.24. The van der Waals surface area contributed by atoms with Crippen LogP contribution in [-0.2, 0) is 20.3 Å². The first-order valence-corrected chi connectivity index (χ1v) is 8.67. The lowest BCUT2D eigenvalue weighted by Gasteiger charge is -2.15. The van der Waals surface area contributed by atoms with E-state index >= 15 is 0 Å². The molecule has 0 amide bonds. The van der Waals surface area contributed by atoms with Gasteiger partial charge < -0.3 is 8.98 Å². The van der Waals surface area contributed by atoms with Crippen LogP contribution in [0.15, 0.2) is 38.7 Å². The van der Waals surface area contributed by atoms with Crippen LogP contribution in [0.1, 0.15) is 4.88 Å². The van der Waals surface area contributed by atoms with Gasteiger partial charge in [0, 0.05) is 18.5 Å². The van der Waals surface area contributed by atoms with Crippen molar-refractivity contribution in [2.75, 3.05) is 7.05 Å². The monoisotopic (exact) mass is 398 g/mol. The second-order valence-corrected chi connectivity index (χ2v) is 7.92. The Morgan fingerprint density at radius 2 is 2.23 bits per heavy atom. The van der Waals surface area contributed by atoms with Crippen LogP contribution in [-0.4, -0.2) is 26.3 Å². The molecule has 0 bridgehead atoms. The van der Waals surface area contributed by atoms with Crippen LogP contribution in [0.4, 0.5) is 0 Å². The Morgan fingerprint density at radius 1 is 1.41 bits per heavy atom. The Bertz CT molecular complexity index is 818. The molecule has 0 atom stereocenters. The van der Waals surface area contributed by atoms with E-state index in [1.165, 1.54) is 4.88 Å². The molecule has 0 aliphatic rings. The maximum absolute atomic E-state index is 5.47. The predicted octanol–water partition coefficient (Wildman–Crippen LogP) is 4.12. The van der Waals surface area contributed by atoms with Gasteiger partial charge in [0.05, 0.1) is 16.7 Å². The van der Waals surface area contributed by atoms with E-state index in [-0.39, 0.29) is 0 Å². The summed E-state index contributed by atoms with van der Waals surface area (Å²) in [6.45, 7) is 1.48. The maximum atomic E-state index is 5.47. The normalized spacial score (nSPS) is 11.5. The van der Waals surface area contributed by atoms with E-state index in [1.54, 1.807) is 17.6 Å². The quantitative estimate of drug-likeness (QED) is 0.605. The highest BCUT2D eigenvalue weighted by Gasteiger charge is 2.13. The molecule has 0 aromatic carbocycles. The molecule has 0 aliphatic heterocycles. The Labute approximate surface area is 145 Å². The van der Waals surface area contributed by atoms with Crippen LogP contribution in [0.2, 0.25) is 0 Å². The summed E-state index contributed by atoms with van der Waals surface area (Å²) < 4.78 is 10.9. The number of nitrogens with zero attached hydrogens (tertiary/aromatic N) is 4. The fraction of sp³-hybridized carbons (Fsp3) is 0.286. The zero-order valence-electron chi connectivity index (χ0n) is 12.2. The SMILES string of the molecule is CN(Cc1ccc(Br)s1)Cn1nc(-c2ccco2)n(C)c1=S. The third-order valence-electron chi connectivity index (χ3n) is 3.21. The summed E-state index contributed by atoms with van der Waals surface area (Å²) in [5.74, 6) is 1.46. The first kappa shape index (κ1) is 15.7. The average molecular weight is 399 g/mol. The van der Waals surface area contributed by atoms with Crippen molar-refractivity contribution in [1.29, 1.82) is 0 Å². The largest absolute Gasteiger partial charge is 0.461 e. The molecule has 5 nitrogen and oxygen atoms in total. The molecule has 0 saturated heterocycles. The van der Waals surface area contributed by atoms with Gasteiger partial charge in [0.25, 0.3) is 0 Å². The Balaban J connectivity index is 1.78. The van der Waals surface area contributed by atoms with Crippen LogP contribution < -0.4 is 0 Å². The van der Waals surface area contributed by atoms with Crippen molar-refractivity contribution in [2.45, 2.75) is 13.2 Å². The molecular formula is C14H15BrN4OS2.